The third-order valence-corrected chi connectivity index (χ3v) is 8.09. The lowest BCUT2D eigenvalue weighted by Crippen LogP contribution is -2.48. The number of benzene rings is 2. The van der Waals surface area contributed by atoms with Crippen molar-refractivity contribution in [3.05, 3.63) is 65.5 Å². The largest absolute Gasteiger partial charge is 0.369 e. The summed E-state index contributed by atoms with van der Waals surface area (Å²) >= 11 is 0.822. The van der Waals surface area contributed by atoms with Crippen molar-refractivity contribution in [1.29, 1.82) is 0 Å². The number of hydrogen-bond donors (Lipinski definition) is 1. The van der Waals surface area contributed by atoms with Gasteiger partial charge in [-0.2, -0.15) is 4.31 Å². The molecule has 1 saturated heterocycles. The monoisotopic (exact) mass is 461 g/mol. The van der Waals surface area contributed by atoms with Crippen molar-refractivity contribution in [2.75, 3.05) is 36.4 Å². The second kappa shape index (κ2) is 8.69. The van der Waals surface area contributed by atoms with Crippen LogP contribution in [0.2, 0.25) is 0 Å². The summed E-state index contributed by atoms with van der Waals surface area (Å²) < 4.78 is 40.2. The van der Waals surface area contributed by atoms with Gasteiger partial charge in [0, 0.05) is 37.4 Å². The predicted octanol–water partition coefficient (Wildman–Crippen LogP) is 2.75. The molecule has 11 heteroatoms. The predicted molar refractivity (Wildman–Crippen MR) is 116 cm³/mol. The smallest absolute Gasteiger partial charge is 0.272 e. The molecule has 3 aromatic rings. The average molecular weight is 462 g/mol. The van der Waals surface area contributed by atoms with E-state index < -0.39 is 10.0 Å². The van der Waals surface area contributed by atoms with Gasteiger partial charge in [0.05, 0.1) is 0 Å². The third kappa shape index (κ3) is 4.58. The van der Waals surface area contributed by atoms with Crippen LogP contribution in [0.1, 0.15) is 15.9 Å². The molecule has 31 heavy (non-hydrogen) atoms. The second-order valence-electron chi connectivity index (χ2n) is 7.01. The number of piperazine rings is 1. The van der Waals surface area contributed by atoms with E-state index in [0.29, 0.717) is 18.7 Å². The van der Waals surface area contributed by atoms with Crippen LogP contribution in [0.3, 0.4) is 0 Å². The molecule has 0 aliphatic carbocycles. The Morgan fingerprint density at radius 1 is 1.03 bits per heavy atom. The standard InChI is InChI=1S/C20H20FN5O3S2/c1-14-4-2-3-5-17(14)18(27)22-19-23-24-20(30-19)31(28,29)26-12-10-25(11-13-26)16-8-6-15(21)7-9-16/h2-9H,10-13H2,1H3,(H,22,23,27). The molecule has 0 unspecified atom stereocenters. The van der Waals surface area contributed by atoms with E-state index in [1.807, 2.05) is 24.0 Å². The molecule has 0 radical (unpaired) electrons. The Hall–Kier alpha value is -2.89. The first-order chi connectivity index (χ1) is 14.8. The third-order valence-electron chi connectivity index (χ3n) is 5.01. The molecule has 0 saturated carbocycles. The maximum atomic E-state index is 13.1. The van der Waals surface area contributed by atoms with E-state index in [1.165, 1.54) is 16.4 Å². The molecular weight excluding hydrogens is 441 g/mol. The Morgan fingerprint density at radius 3 is 2.39 bits per heavy atom. The van der Waals surface area contributed by atoms with Crippen LogP contribution < -0.4 is 10.2 Å². The van der Waals surface area contributed by atoms with E-state index in [-0.39, 0.29) is 34.3 Å². The van der Waals surface area contributed by atoms with Crippen molar-refractivity contribution in [1.82, 2.24) is 14.5 Å². The number of nitrogens with zero attached hydrogens (tertiary/aromatic N) is 4. The van der Waals surface area contributed by atoms with Gasteiger partial charge in [0.15, 0.2) is 0 Å². The highest BCUT2D eigenvalue weighted by molar-refractivity contribution is 7.91. The minimum atomic E-state index is -3.82. The maximum absolute atomic E-state index is 13.1. The SMILES string of the molecule is Cc1ccccc1C(=O)Nc1nnc(S(=O)(=O)N2CCN(c3ccc(F)cc3)CC2)s1. The van der Waals surface area contributed by atoms with Crippen LogP contribution in [0.4, 0.5) is 15.2 Å². The minimum absolute atomic E-state index is 0.122. The Balaban J connectivity index is 1.42. The molecule has 1 aliphatic rings. The summed E-state index contributed by atoms with van der Waals surface area (Å²) in [5.41, 5.74) is 2.13. The van der Waals surface area contributed by atoms with Gasteiger partial charge in [0.2, 0.25) is 9.47 Å². The van der Waals surface area contributed by atoms with Crippen LogP contribution in [0, 0.1) is 12.7 Å². The molecule has 0 spiro atoms. The number of rotatable bonds is 5. The molecule has 1 aliphatic heterocycles. The van der Waals surface area contributed by atoms with Crippen LogP contribution in [0.15, 0.2) is 52.9 Å². The number of aryl methyl sites for hydroxylation is 1. The zero-order chi connectivity index (χ0) is 22.0. The quantitative estimate of drug-likeness (QED) is 0.587. The molecule has 0 bridgehead atoms. The first kappa shape index (κ1) is 21.3. The number of carbonyl (C=O) groups is 1. The normalized spacial score (nSPS) is 15.1. The lowest BCUT2D eigenvalue weighted by molar-refractivity contribution is 0.102. The highest BCUT2D eigenvalue weighted by Crippen LogP contribution is 2.26. The molecule has 162 valence electrons. The zero-order valence-corrected chi connectivity index (χ0v) is 18.3. The summed E-state index contributed by atoms with van der Waals surface area (Å²) in [6.07, 6.45) is 0. The van der Waals surface area contributed by atoms with Crippen molar-refractivity contribution in [2.24, 2.45) is 0 Å². The molecule has 2 aromatic carbocycles. The summed E-state index contributed by atoms with van der Waals surface area (Å²) in [5.74, 6) is -0.683. The summed E-state index contributed by atoms with van der Waals surface area (Å²) in [5, 5.41) is 10.3. The van der Waals surface area contributed by atoms with Gasteiger partial charge in [0.1, 0.15) is 5.82 Å². The number of sulfonamides is 1. The van der Waals surface area contributed by atoms with Crippen molar-refractivity contribution < 1.29 is 17.6 Å². The fourth-order valence-electron chi connectivity index (χ4n) is 3.31. The van der Waals surface area contributed by atoms with E-state index in [4.69, 9.17) is 0 Å². The topological polar surface area (TPSA) is 95.5 Å². The van der Waals surface area contributed by atoms with Crippen LogP contribution >= 0.6 is 11.3 Å². The average Bonchev–Trinajstić information content (AvgIpc) is 3.24. The number of amides is 1. The second-order valence-corrected chi connectivity index (χ2v) is 10.1. The number of hydrogen-bond acceptors (Lipinski definition) is 7. The number of carbonyl (C=O) groups excluding carboxylic acids is 1. The van der Waals surface area contributed by atoms with Gasteiger partial charge in [-0.3, -0.25) is 10.1 Å². The lowest BCUT2D eigenvalue weighted by atomic mass is 10.1. The fraction of sp³-hybridized carbons (Fsp3) is 0.250. The van der Waals surface area contributed by atoms with Crippen LogP contribution in [0.25, 0.3) is 0 Å². The van der Waals surface area contributed by atoms with E-state index in [9.17, 15) is 17.6 Å². The molecule has 0 atom stereocenters. The first-order valence-electron chi connectivity index (χ1n) is 9.56. The molecule has 2 heterocycles. The van der Waals surface area contributed by atoms with E-state index in [1.54, 1.807) is 24.3 Å². The molecule has 1 aromatic heterocycles. The van der Waals surface area contributed by atoms with Gasteiger partial charge < -0.3 is 4.90 Å². The van der Waals surface area contributed by atoms with Gasteiger partial charge in [-0.05, 0) is 42.8 Å². The zero-order valence-electron chi connectivity index (χ0n) is 16.7. The minimum Gasteiger partial charge on any atom is -0.369 e. The molecule has 1 amide bonds. The van der Waals surface area contributed by atoms with Crippen molar-refractivity contribution in [3.63, 3.8) is 0 Å². The molecule has 4 rings (SSSR count). The van der Waals surface area contributed by atoms with E-state index in [0.717, 1.165) is 22.6 Å². The molecule has 1 N–H and O–H groups in total. The molecule has 8 nitrogen and oxygen atoms in total. The fourth-order valence-corrected chi connectivity index (χ4v) is 5.76. The number of aromatic nitrogens is 2. The Bertz CT molecular complexity index is 1190. The highest BCUT2D eigenvalue weighted by Gasteiger charge is 2.32. The number of halogens is 1. The Morgan fingerprint density at radius 2 is 1.71 bits per heavy atom. The summed E-state index contributed by atoms with van der Waals surface area (Å²) in [6.45, 7) is 3.30. The summed E-state index contributed by atoms with van der Waals surface area (Å²) in [7, 11) is -3.82. The van der Waals surface area contributed by atoms with Crippen LogP contribution in [-0.2, 0) is 10.0 Å². The highest BCUT2D eigenvalue weighted by atomic mass is 32.2. The Labute approximate surface area is 183 Å². The number of anilines is 2. The van der Waals surface area contributed by atoms with Gasteiger partial charge >= 0.3 is 0 Å². The number of nitrogens with one attached hydrogen (secondary N) is 1. The summed E-state index contributed by atoms with van der Waals surface area (Å²) in [4.78, 5) is 14.4. The van der Waals surface area contributed by atoms with Gasteiger partial charge in [-0.25, -0.2) is 12.8 Å². The first-order valence-corrected chi connectivity index (χ1v) is 11.8. The lowest BCUT2D eigenvalue weighted by Gasteiger charge is -2.34. The van der Waals surface area contributed by atoms with E-state index >= 15 is 0 Å². The van der Waals surface area contributed by atoms with Gasteiger partial charge in [0.25, 0.3) is 15.9 Å². The van der Waals surface area contributed by atoms with Gasteiger partial charge in [-0.15, -0.1) is 10.2 Å². The van der Waals surface area contributed by atoms with Crippen LogP contribution in [-0.4, -0.2) is 55.0 Å². The van der Waals surface area contributed by atoms with E-state index in [2.05, 4.69) is 15.5 Å². The Kier molecular flexibility index (Phi) is 5.99. The summed E-state index contributed by atoms with van der Waals surface area (Å²) in [6, 6.07) is 13.2. The molecule has 1 fully saturated rings. The van der Waals surface area contributed by atoms with Crippen molar-refractivity contribution in [3.8, 4) is 0 Å². The van der Waals surface area contributed by atoms with Crippen molar-refractivity contribution in [2.45, 2.75) is 11.3 Å². The molecular formula is C20H20FN5O3S2. The van der Waals surface area contributed by atoms with Gasteiger partial charge in [-0.1, -0.05) is 29.5 Å². The van der Waals surface area contributed by atoms with Crippen LogP contribution in [0.5, 0.6) is 0 Å². The maximum Gasteiger partial charge on any atom is 0.272 e. The van der Waals surface area contributed by atoms with Crippen molar-refractivity contribution >= 4 is 38.1 Å².